The molecule has 0 saturated carbocycles. The van der Waals surface area contributed by atoms with Crippen molar-refractivity contribution < 1.29 is 18.0 Å². The van der Waals surface area contributed by atoms with Crippen molar-refractivity contribution in [3.8, 4) is 0 Å². The van der Waals surface area contributed by atoms with Gasteiger partial charge in [-0.25, -0.2) is 13.3 Å². The maximum Gasteiger partial charge on any atom is 0.266 e. The van der Waals surface area contributed by atoms with E-state index in [4.69, 9.17) is 0 Å². The van der Waals surface area contributed by atoms with Gasteiger partial charge in [-0.2, -0.15) is 0 Å². The van der Waals surface area contributed by atoms with Gasteiger partial charge in [0.2, 0.25) is 0 Å². The molecule has 4 rings (SSSR count). The molecule has 0 N–H and O–H groups in total. The first-order valence-corrected chi connectivity index (χ1v) is 13.0. The molecule has 0 unspecified atom stereocenters. The van der Waals surface area contributed by atoms with Crippen LogP contribution in [-0.4, -0.2) is 25.0 Å². The van der Waals surface area contributed by atoms with Gasteiger partial charge in [-0.15, -0.1) is 0 Å². The summed E-state index contributed by atoms with van der Waals surface area (Å²) in [6.45, 7) is 7.10. The van der Waals surface area contributed by atoms with Crippen LogP contribution in [0.3, 0.4) is 0 Å². The maximum absolute atomic E-state index is 13.0. The molecule has 6 heteroatoms. The fourth-order valence-electron chi connectivity index (χ4n) is 3.90. The summed E-state index contributed by atoms with van der Waals surface area (Å²) < 4.78 is 24.1. The number of fused-ring (bicyclic) bond motifs is 1. The van der Waals surface area contributed by atoms with Gasteiger partial charge in [0, 0.05) is 0 Å². The van der Waals surface area contributed by atoms with E-state index in [1.807, 2.05) is 55.5 Å². The highest BCUT2D eigenvalue weighted by molar-refractivity contribution is 7.91. The van der Waals surface area contributed by atoms with Crippen molar-refractivity contribution >= 4 is 27.3 Å². The number of anilines is 1. The van der Waals surface area contributed by atoms with Crippen LogP contribution in [0, 0.1) is 6.92 Å². The molecule has 2 amide bonds. The summed E-state index contributed by atoms with van der Waals surface area (Å²) in [5.41, 5.74) is 5.34. The molecule has 0 spiro atoms. The lowest BCUT2D eigenvalue weighted by atomic mass is 10.00. The van der Waals surface area contributed by atoms with Crippen LogP contribution in [-0.2, 0) is 28.4 Å². The molecule has 0 fully saturated rings. The van der Waals surface area contributed by atoms with Gasteiger partial charge in [0.15, 0.2) is 9.84 Å². The molecule has 1 heterocycles. The number of aryl methyl sites for hydroxylation is 3. The molecular formula is C28H29NO4S. The predicted molar refractivity (Wildman–Crippen MR) is 135 cm³/mol. The van der Waals surface area contributed by atoms with Crippen LogP contribution in [0.2, 0.25) is 0 Å². The van der Waals surface area contributed by atoms with E-state index in [-0.39, 0.29) is 17.6 Å². The van der Waals surface area contributed by atoms with E-state index < -0.39 is 14.6 Å². The van der Waals surface area contributed by atoms with Gasteiger partial charge in [0.05, 0.1) is 27.3 Å². The first-order chi connectivity index (χ1) is 16.0. The van der Waals surface area contributed by atoms with Crippen molar-refractivity contribution in [3.05, 3.63) is 100 Å². The third-order valence-electron chi connectivity index (χ3n) is 6.26. The Kier molecular flexibility index (Phi) is 6.21. The number of imide groups is 1. The smallest absolute Gasteiger partial charge is 0.266 e. The van der Waals surface area contributed by atoms with Gasteiger partial charge in [-0.05, 0) is 81.5 Å². The molecule has 0 aromatic heterocycles. The van der Waals surface area contributed by atoms with Crippen molar-refractivity contribution in [2.24, 2.45) is 0 Å². The fraction of sp³-hybridized carbons (Fsp3) is 0.286. The van der Waals surface area contributed by atoms with Gasteiger partial charge < -0.3 is 0 Å². The minimum absolute atomic E-state index is 0.0230. The van der Waals surface area contributed by atoms with Crippen LogP contribution in [0.5, 0.6) is 0 Å². The monoisotopic (exact) mass is 475 g/mol. The third-order valence-corrected chi connectivity index (χ3v) is 8.84. The van der Waals surface area contributed by atoms with Crippen LogP contribution in [0.15, 0.2) is 66.7 Å². The summed E-state index contributed by atoms with van der Waals surface area (Å²) in [5, 5.41) is 0. The number of nitrogens with zero attached hydrogens (tertiary/aromatic N) is 1. The zero-order valence-corrected chi connectivity index (χ0v) is 20.8. The van der Waals surface area contributed by atoms with Crippen molar-refractivity contribution in [1.29, 1.82) is 0 Å². The van der Waals surface area contributed by atoms with E-state index in [0.29, 0.717) is 23.2 Å². The molecule has 0 bridgehead atoms. The average molecular weight is 476 g/mol. The van der Waals surface area contributed by atoms with Crippen molar-refractivity contribution in [2.75, 3.05) is 4.90 Å². The molecule has 3 aromatic carbocycles. The topological polar surface area (TPSA) is 71.5 Å². The predicted octanol–water partition coefficient (Wildman–Crippen LogP) is 5.29. The summed E-state index contributed by atoms with van der Waals surface area (Å²) in [6, 6.07) is 20.4. The number of amides is 2. The number of rotatable bonds is 6. The van der Waals surface area contributed by atoms with Crippen LogP contribution in [0.1, 0.15) is 63.7 Å². The quantitative estimate of drug-likeness (QED) is 0.454. The van der Waals surface area contributed by atoms with Gasteiger partial charge >= 0.3 is 0 Å². The summed E-state index contributed by atoms with van der Waals surface area (Å²) in [5.74, 6) is -0.568. The van der Waals surface area contributed by atoms with Crippen LogP contribution in [0.4, 0.5) is 5.69 Å². The molecular weight excluding hydrogens is 446 g/mol. The zero-order valence-electron chi connectivity index (χ0n) is 20.0. The molecule has 1 aliphatic rings. The second kappa shape index (κ2) is 8.84. The zero-order chi connectivity index (χ0) is 24.7. The Bertz CT molecular complexity index is 1350. The Morgan fingerprint density at radius 3 is 1.85 bits per heavy atom. The summed E-state index contributed by atoms with van der Waals surface area (Å²) >= 11 is 0. The summed E-state index contributed by atoms with van der Waals surface area (Å²) in [4.78, 5) is 27.1. The van der Waals surface area contributed by atoms with Gasteiger partial charge in [-0.1, -0.05) is 48.0 Å². The van der Waals surface area contributed by atoms with E-state index in [1.54, 1.807) is 39.0 Å². The van der Waals surface area contributed by atoms with Crippen LogP contribution < -0.4 is 4.90 Å². The van der Waals surface area contributed by atoms with Gasteiger partial charge in [0.1, 0.15) is 0 Å². The molecule has 34 heavy (non-hydrogen) atoms. The molecule has 3 aromatic rings. The standard InChI is InChI=1S/C28H29NO4S/c1-19-5-14-23(15-6-19)29-26(30)24-16-13-21(17-25(24)27(29)31)10-7-20-8-11-22(12-9-20)18-34(32,33)28(2,3)4/h5-6,8-9,11-17H,7,10,18H2,1-4H3. The van der Waals surface area contributed by atoms with E-state index in [9.17, 15) is 18.0 Å². The number of hydrogen-bond acceptors (Lipinski definition) is 4. The Hall–Kier alpha value is -3.25. The maximum atomic E-state index is 13.0. The first-order valence-electron chi connectivity index (χ1n) is 11.3. The Labute approximate surface area is 201 Å². The van der Waals surface area contributed by atoms with Crippen LogP contribution in [0.25, 0.3) is 0 Å². The van der Waals surface area contributed by atoms with E-state index >= 15 is 0 Å². The van der Waals surface area contributed by atoms with Crippen molar-refractivity contribution in [2.45, 2.75) is 51.0 Å². The highest BCUT2D eigenvalue weighted by Crippen LogP contribution is 2.29. The van der Waals surface area contributed by atoms with Crippen molar-refractivity contribution in [1.82, 2.24) is 0 Å². The first kappa shape index (κ1) is 23.9. The number of hydrogen-bond donors (Lipinski definition) is 0. The lowest BCUT2D eigenvalue weighted by molar-refractivity contribution is 0.0926. The third kappa shape index (κ3) is 4.68. The fourth-order valence-corrected chi connectivity index (χ4v) is 4.96. The summed E-state index contributed by atoms with van der Waals surface area (Å²) in [7, 11) is -3.22. The minimum Gasteiger partial charge on any atom is -0.268 e. The van der Waals surface area contributed by atoms with Gasteiger partial charge in [0.25, 0.3) is 11.8 Å². The average Bonchev–Trinajstić information content (AvgIpc) is 3.02. The van der Waals surface area contributed by atoms with Crippen molar-refractivity contribution in [3.63, 3.8) is 0 Å². The lowest BCUT2D eigenvalue weighted by Crippen LogP contribution is -2.29. The largest absolute Gasteiger partial charge is 0.268 e. The van der Waals surface area contributed by atoms with E-state index in [1.165, 1.54) is 4.90 Å². The van der Waals surface area contributed by atoms with E-state index in [2.05, 4.69) is 0 Å². The minimum atomic E-state index is -3.22. The van der Waals surface area contributed by atoms with Crippen LogP contribution >= 0.6 is 0 Å². The Morgan fingerprint density at radius 2 is 1.24 bits per heavy atom. The normalized spacial score (nSPS) is 13.9. The molecule has 176 valence electrons. The molecule has 0 saturated heterocycles. The van der Waals surface area contributed by atoms with E-state index in [0.717, 1.165) is 28.7 Å². The lowest BCUT2D eigenvalue weighted by Gasteiger charge is -2.19. The Morgan fingerprint density at radius 1 is 0.706 bits per heavy atom. The summed E-state index contributed by atoms with van der Waals surface area (Å²) in [6.07, 6.45) is 1.45. The highest BCUT2D eigenvalue weighted by Gasteiger charge is 2.36. The highest BCUT2D eigenvalue weighted by atomic mass is 32.2. The molecule has 5 nitrogen and oxygen atoms in total. The number of carbonyl (C=O) groups is 2. The van der Waals surface area contributed by atoms with Gasteiger partial charge in [-0.3, -0.25) is 9.59 Å². The molecule has 0 atom stereocenters. The molecule has 1 aliphatic heterocycles. The Balaban J connectivity index is 1.45. The number of benzene rings is 3. The number of carbonyl (C=O) groups excluding carboxylic acids is 2. The second-order valence-corrected chi connectivity index (χ2v) is 12.6. The number of sulfone groups is 1. The molecule has 0 radical (unpaired) electrons. The SMILES string of the molecule is Cc1ccc(N2C(=O)c3ccc(CCc4ccc(CS(=O)(=O)C(C)(C)C)cc4)cc3C2=O)cc1. The second-order valence-electron chi connectivity index (χ2n) is 9.85. The molecule has 0 aliphatic carbocycles.